The van der Waals surface area contributed by atoms with Crippen molar-refractivity contribution in [1.29, 1.82) is 0 Å². The first-order valence-corrected chi connectivity index (χ1v) is 8.28. The van der Waals surface area contributed by atoms with Crippen molar-refractivity contribution in [3.8, 4) is 0 Å². The summed E-state index contributed by atoms with van der Waals surface area (Å²) in [6.45, 7) is 0.330. The van der Waals surface area contributed by atoms with Gasteiger partial charge in [-0.1, -0.05) is 60.7 Å². The summed E-state index contributed by atoms with van der Waals surface area (Å²) in [4.78, 5) is 12.1. The maximum atomic E-state index is 12.7. The maximum absolute atomic E-state index is 12.7. The highest BCUT2D eigenvalue weighted by Gasteiger charge is 2.30. The second-order valence-corrected chi connectivity index (χ2v) is 6.20. The van der Waals surface area contributed by atoms with Gasteiger partial charge in [0.15, 0.2) is 5.78 Å². The first kappa shape index (κ1) is 18.1. The van der Waals surface area contributed by atoms with Crippen molar-refractivity contribution in [2.24, 2.45) is 0 Å². The Labute approximate surface area is 149 Å². The van der Waals surface area contributed by atoms with Crippen LogP contribution < -0.4 is 5.32 Å². The standard InChI is InChI=1S/C21H18F3NO/c22-21(23,24)19-7-3-4-16(11-19)13-25-14-20(26)12-15-8-9-17-5-1-2-6-18(17)10-15/h1-11,25H,12-14H2. The molecule has 0 saturated carbocycles. The van der Waals surface area contributed by atoms with E-state index in [1.807, 2.05) is 42.5 Å². The molecule has 0 bridgehead atoms. The summed E-state index contributed by atoms with van der Waals surface area (Å²) in [5.74, 6) is -0.00717. The van der Waals surface area contributed by atoms with E-state index in [4.69, 9.17) is 0 Å². The zero-order valence-electron chi connectivity index (χ0n) is 14.0. The molecule has 0 radical (unpaired) electrons. The van der Waals surface area contributed by atoms with Crippen LogP contribution in [-0.4, -0.2) is 12.3 Å². The van der Waals surface area contributed by atoms with Crippen LogP contribution in [0, 0.1) is 0 Å². The van der Waals surface area contributed by atoms with Gasteiger partial charge in [-0.25, -0.2) is 0 Å². The van der Waals surface area contributed by atoms with Gasteiger partial charge in [-0.2, -0.15) is 13.2 Å². The Morgan fingerprint density at radius 2 is 1.62 bits per heavy atom. The number of ketones is 1. The van der Waals surface area contributed by atoms with Gasteiger partial charge in [0, 0.05) is 13.0 Å². The number of halogens is 3. The van der Waals surface area contributed by atoms with Crippen LogP contribution in [0.15, 0.2) is 66.7 Å². The lowest BCUT2D eigenvalue weighted by atomic mass is 10.0. The third-order valence-electron chi connectivity index (χ3n) is 4.12. The summed E-state index contributed by atoms with van der Waals surface area (Å²) in [6, 6.07) is 18.9. The van der Waals surface area contributed by atoms with Gasteiger partial charge in [-0.15, -0.1) is 0 Å². The van der Waals surface area contributed by atoms with Crippen LogP contribution in [0.1, 0.15) is 16.7 Å². The van der Waals surface area contributed by atoms with E-state index in [1.54, 1.807) is 6.07 Å². The summed E-state index contributed by atoms with van der Waals surface area (Å²) in [5.41, 5.74) is 0.743. The number of alkyl halides is 3. The van der Waals surface area contributed by atoms with Crippen molar-refractivity contribution in [1.82, 2.24) is 5.32 Å². The summed E-state index contributed by atoms with van der Waals surface area (Å²) < 4.78 is 38.1. The molecule has 0 heterocycles. The van der Waals surface area contributed by atoms with Crippen molar-refractivity contribution >= 4 is 16.6 Å². The molecule has 0 atom stereocenters. The van der Waals surface area contributed by atoms with E-state index in [-0.39, 0.29) is 18.9 Å². The number of rotatable bonds is 6. The highest BCUT2D eigenvalue weighted by molar-refractivity contribution is 5.86. The molecule has 3 aromatic rings. The number of fused-ring (bicyclic) bond motifs is 1. The highest BCUT2D eigenvalue weighted by Crippen LogP contribution is 2.29. The molecule has 0 unspecified atom stereocenters. The van der Waals surface area contributed by atoms with Gasteiger partial charge in [0.2, 0.25) is 0 Å². The third-order valence-corrected chi connectivity index (χ3v) is 4.12. The number of carbonyl (C=O) groups excluding carboxylic acids is 1. The fraction of sp³-hybridized carbons (Fsp3) is 0.190. The normalized spacial score (nSPS) is 11.7. The van der Waals surface area contributed by atoms with Crippen LogP contribution >= 0.6 is 0 Å². The van der Waals surface area contributed by atoms with E-state index in [2.05, 4.69) is 5.32 Å². The summed E-state index contributed by atoms with van der Waals surface area (Å²) in [6.07, 6.45) is -4.07. The fourth-order valence-electron chi connectivity index (χ4n) is 2.84. The Morgan fingerprint density at radius 1 is 0.846 bits per heavy atom. The second kappa shape index (κ2) is 7.70. The molecule has 0 fully saturated rings. The monoisotopic (exact) mass is 357 g/mol. The summed E-state index contributed by atoms with van der Waals surface area (Å²) >= 11 is 0. The Kier molecular flexibility index (Phi) is 5.38. The predicted octanol–water partition coefficient (Wildman–Crippen LogP) is 4.76. The van der Waals surface area contributed by atoms with Crippen molar-refractivity contribution in [2.45, 2.75) is 19.1 Å². The Balaban J connectivity index is 1.54. The van der Waals surface area contributed by atoms with Crippen LogP contribution in [0.4, 0.5) is 13.2 Å². The quantitative estimate of drug-likeness (QED) is 0.689. The number of hydrogen-bond acceptors (Lipinski definition) is 2. The molecule has 3 rings (SSSR count). The van der Waals surface area contributed by atoms with E-state index in [1.165, 1.54) is 6.07 Å². The number of hydrogen-bond donors (Lipinski definition) is 1. The Hall–Kier alpha value is -2.66. The zero-order chi connectivity index (χ0) is 18.6. The van der Waals surface area contributed by atoms with Crippen LogP contribution in [0.5, 0.6) is 0 Å². The Bertz CT molecular complexity index is 918. The SMILES string of the molecule is O=C(CNCc1cccc(C(F)(F)F)c1)Cc1ccc2ccccc2c1. The summed E-state index contributed by atoms with van der Waals surface area (Å²) in [5, 5.41) is 5.12. The first-order chi connectivity index (χ1) is 12.4. The fourth-order valence-corrected chi connectivity index (χ4v) is 2.84. The van der Waals surface area contributed by atoms with E-state index >= 15 is 0 Å². The van der Waals surface area contributed by atoms with E-state index in [0.29, 0.717) is 12.0 Å². The first-order valence-electron chi connectivity index (χ1n) is 8.28. The van der Waals surface area contributed by atoms with Crippen LogP contribution in [0.25, 0.3) is 10.8 Å². The minimum absolute atomic E-state index is 0.00717. The lowest BCUT2D eigenvalue weighted by Crippen LogP contribution is -2.24. The second-order valence-electron chi connectivity index (χ2n) is 6.20. The van der Waals surface area contributed by atoms with Gasteiger partial charge in [-0.05, 0) is 28.0 Å². The molecule has 0 saturated heterocycles. The molecule has 26 heavy (non-hydrogen) atoms. The van der Waals surface area contributed by atoms with Gasteiger partial charge < -0.3 is 5.32 Å². The molecule has 0 amide bonds. The molecule has 0 spiro atoms. The highest BCUT2D eigenvalue weighted by atomic mass is 19.4. The molecule has 0 aliphatic heterocycles. The lowest BCUT2D eigenvalue weighted by Gasteiger charge is -2.09. The number of carbonyl (C=O) groups is 1. The molecule has 0 aliphatic rings. The molecule has 3 aromatic carbocycles. The van der Waals surface area contributed by atoms with Gasteiger partial charge >= 0.3 is 6.18 Å². The van der Waals surface area contributed by atoms with Crippen molar-refractivity contribution in [3.63, 3.8) is 0 Å². The average molecular weight is 357 g/mol. The van der Waals surface area contributed by atoms with Crippen LogP contribution in [0.3, 0.4) is 0 Å². The average Bonchev–Trinajstić information content (AvgIpc) is 2.61. The third kappa shape index (κ3) is 4.70. The van der Waals surface area contributed by atoms with Gasteiger partial charge in [0.05, 0.1) is 12.1 Å². The minimum Gasteiger partial charge on any atom is -0.306 e. The largest absolute Gasteiger partial charge is 0.416 e. The minimum atomic E-state index is -4.36. The molecular weight excluding hydrogens is 339 g/mol. The van der Waals surface area contributed by atoms with E-state index in [9.17, 15) is 18.0 Å². The molecular formula is C21H18F3NO. The smallest absolute Gasteiger partial charge is 0.306 e. The van der Waals surface area contributed by atoms with E-state index < -0.39 is 11.7 Å². The van der Waals surface area contributed by atoms with E-state index in [0.717, 1.165) is 28.5 Å². The van der Waals surface area contributed by atoms with Gasteiger partial charge in [-0.3, -0.25) is 4.79 Å². The maximum Gasteiger partial charge on any atom is 0.416 e. The molecule has 2 nitrogen and oxygen atoms in total. The lowest BCUT2D eigenvalue weighted by molar-refractivity contribution is -0.137. The van der Waals surface area contributed by atoms with Gasteiger partial charge in [0.25, 0.3) is 0 Å². The van der Waals surface area contributed by atoms with Crippen LogP contribution in [0.2, 0.25) is 0 Å². The molecule has 1 N–H and O–H groups in total. The molecule has 0 aliphatic carbocycles. The summed E-state index contributed by atoms with van der Waals surface area (Å²) in [7, 11) is 0. The predicted molar refractivity (Wildman–Crippen MR) is 95.8 cm³/mol. The van der Waals surface area contributed by atoms with Crippen LogP contribution in [-0.2, 0) is 23.9 Å². The van der Waals surface area contributed by atoms with Gasteiger partial charge in [0.1, 0.15) is 0 Å². The Morgan fingerprint density at radius 3 is 2.38 bits per heavy atom. The number of Topliss-reactive ketones (excluding diaryl/α,β-unsaturated/α-hetero) is 1. The zero-order valence-corrected chi connectivity index (χ0v) is 14.0. The van der Waals surface area contributed by atoms with Crippen molar-refractivity contribution < 1.29 is 18.0 Å². The molecule has 134 valence electrons. The van der Waals surface area contributed by atoms with Crippen molar-refractivity contribution in [3.05, 3.63) is 83.4 Å². The topological polar surface area (TPSA) is 29.1 Å². The van der Waals surface area contributed by atoms with Crippen molar-refractivity contribution in [2.75, 3.05) is 6.54 Å². The molecule has 5 heteroatoms. The number of nitrogens with one attached hydrogen (secondary N) is 1. The molecule has 0 aromatic heterocycles. The number of benzene rings is 3.